The third-order valence-corrected chi connectivity index (χ3v) is 7.75. The number of anilines is 1. The van der Waals surface area contributed by atoms with E-state index < -0.39 is 0 Å². The molecular formula is C27H32N4O2. The van der Waals surface area contributed by atoms with Crippen LogP contribution in [0.25, 0.3) is 22.4 Å². The Bertz CT molecular complexity index is 1150. The molecule has 2 fully saturated rings. The van der Waals surface area contributed by atoms with Gasteiger partial charge in [-0.2, -0.15) is 0 Å². The van der Waals surface area contributed by atoms with Gasteiger partial charge in [-0.25, -0.2) is 4.98 Å². The van der Waals surface area contributed by atoms with Gasteiger partial charge < -0.3 is 14.7 Å². The molecule has 0 aliphatic heterocycles. The van der Waals surface area contributed by atoms with E-state index in [9.17, 15) is 5.11 Å². The molecule has 172 valence electrons. The summed E-state index contributed by atoms with van der Waals surface area (Å²) in [5.41, 5.74) is 4.03. The lowest BCUT2D eigenvalue weighted by Crippen LogP contribution is -2.42. The van der Waals surface area contributed by atoms with Gasteiger partial charge in [-0.05, 0) is 84.4 Å². The molecule has 33 heavy (non-hydrogen) atoms. The number of nitrogens with zero attached hydrogens (tertiary/aromatic N) is 4. The van der Waals surface area contributed by atoms with Crippen LogP contribution in [-0.2, 0) is 0 Å². The summed E-state index contributed by atoms with van der Waals surface area (Å²) in [7, 11) is 3.73. The molecule has 2 aliphatic carbocycles. The number of phenolic OH excluding ortho intramolecular Hbond substituents is 1. The number of hydrogen-bond donors (Lipinski definition) is 1. The van der Waals surface area contributed by atoms with Crippen LogP contribution in [0.3, 0.4) is 0 Å². The van der Waals surface area contributed by atoms with Crippen LogP contribution >= 0.6 is 0 Å². The molecule has 3 atom stereocenters. The fraction of sp³-hybridized carbons (Fsp3) is 0.444. The molecule has 2 bridgehead atoms. The smallest absolute Gasteiger partial charge is 0.213 e. The van der Waals surface area contributed by atoms with E-state index in [0.29, 0.717) is 34.0 Å². The lowest BCUT2D eigenvalue weighted by molar-refractivity contribution is 0.148. The van der Waals surface area contributed by atoms with Gasteiger partial charge in [-0.1, -0.05) is 19.9 Å². The molecular weight excluding hydrogens is 412 g/mol. The predicted octanol–water partition coefficient (Wildman–Crippen LogP) is 5.71. The van der Waals surface area contributed by atoms with E-state index in [4.69, 9.17) is 4.74 Å². The lowest BCUT2D eigenvalue weighted by atomic mass is 9.68. The normalized spacial score (nSPS) is 26.2. The van der Waals surface area contributed by atoms with Gasteiger partial charge in [0.05, 0.1) is 12.8 Å². The first-order valence-corrected chi connectivity index (χ1v) is 11.7. The molecule has 1 aromatic carbocycles. The van der Waals surface area contributed by atoms with Crippen LogP contribution in [0.1, 0.15) is 46.0 Å². The highest BCUT2D eigenvalue weighted by atomic mass is 16.5. The van der Waals surface area contributed by atoms with Crippen LogP contribution in [0, 0.1) is 10.8 Å². The Kier molecular flexibility index (Phi) is 5.26. The van der Waals surface area contributed by atoms with Crippen molar-refractivity contribution < 1.29 is 9.84 Å². The first-order chi connectivity index (χ1) is 15.8. The van der Waals surface area contributed by atoms with Crippen LogP contribution < -0.4 is 9.64 Å². The summed E-state index contributed by atoms with van der Waals surface area (Å²) in [5.74, 6) is 1.59. The van der Waals surface area contributed by atoms with E-state index in [-0.39, 0.29) is 5.75 Å². The van der Waals surface area contributed by atoms with Gasteiger partial charge >= 0.3 is 0 Å². The predicted molar refractivity (Wildman–Crippen MR) is 130 cm³/mol. The lowest BCUT2D eigenvalue weighted by Gasteiger charge is -2.44. The van der Waals surface area contributed by atoms with E-state index in [1.165, 1.54) is 32.1 Å². The maximum atomic E-state index is 10.7. The number of rotatable bonds is 5. The van der Waals surface area contributed by atoms with Crippen molar-refractivity contribution in [2.45, 2.75) is 52.0 Å². The van der Waals surface area contributed by atoms with Crippen molar-refractivity contribution >= 4 is 5.82 Å². The zero-order valence-corrected chi connectivity index (χ0v) is 19.9. The molecule has 5 rings (SSSR count). The molecule has 3 aromatic rings. The van der Waals surface area contributed by atoms with Gasteiger partial charge in [0.25, 0.3) is 0 Å². The van der Waals surface area contributed by atoms with E-state index in [0.717, 1.165) is 16.9 Å². The second-order valence-electron chi connectivity index (χ2n) is 10.6. The highest BCUT2D eigenvalue weighted by Gasteiger charge is 2.49. The monoisotopic (exact) mass is 444 g/mol. The summed E-state index contributed by atoms with van der Waals surface area (Å²) in [4.78, 5) is 6.44. The van der Waals surface area contributed by atoms with Crippen molar-refractivity contribution in [1.82, 2.24) is 15.2 Å². The Morgan fingerprint density at radius 3 is 2.33 bits per heavy atom. The number of hydrogen-bond acceptors (Lipinski definition) is 6. The third-order valence-electron chi connectivity index (χ3n) is 7.75. The summed E-state index contributed by atoms with van der Waals surface area (Å²) in [6.45, 7) is 4.89. The topological polar surface area (TPSA) is 71.4 Å². The molecule has 2 saturated carbocycles. The number of pyridine rings is 1. The molecule has 0 spiro atoms. The zero-order valence-electron chi connectivity index (χ0n) is 19.9. The van der Waals surface area contributed by atoms with E-state index >= 15 is 0 Å². The van der Waals surface area contributed by atoms with Crippen molar-refractivity contribution in [3.63, 3.8) is 0 Å². The molecule has 0 radical (unpaired) electrons. The number of ether oxygens (including phenoxy) is 1. The SMILES string of the molecule is COc1cc(-c2ccc(-c3ccc(N(C)C4C[C@]5(C)CC[C@](C)(C4)C5)nn3)c(O)c2)ccn1. The van der Waals surface area contributed by atoms with E-state index in [1.807, 2.05) is 36.4 Å². The summed E-state index contributed by atoms with van der Waals surface area (Å²) < 4.78 is 5.20. The van der Waals surface area contributed by atoms with Crippen molar-refractivity contribution in [3.05, 3.63) is 48.7 Å². The minimum Gasteiger partial charge on any atom is -0.507 e. The van der Waals surface area contributed by atoms with Gasteiger partial charge in [-0.3, -0.25) is 0 Å². The largest absolute Gasteiger partial charge is 0.507 e. The number of fused-ring (bicyclic) bond motifs is 2. The van der Waals surface area contributed by atoms with Crippen LogP contribution in [0.15, 0.2) is 48.7 Å². The highest BCUT2D eigenvalue weighted by molar-refractivity contribution is 5.74. The molecule has 2 aliphatic rings. The second-order valence-corrected chi connectivity index (χ2v) is 10.6. The molecule has 1 unspecified atom stereocenters. The standard InChI is InChI=1S/C27H32N4O2/c1-26-10-11-27(2,17-26)16-20(15-26)31(3)24-8-7-22(29-30-24)21-6-5-18(13-23(21)32)19-9-12-28-25(14-19)33-4/h5-9,12-14,20,32H,10-11,15-17H2,1-4H3/t20?,26-,27+. The Morgan fingerprint density at radius 2 is 1.70 bits per heavy atom. The van der Waals surface area contributed by atoms with E-state index in [2.05, 4.69) is 41.0 Å². The third kappa shape index (κ3) is 4.14. The summed E-state index contributed by atoms with van der Waals surface area (Å²) in [5, 5.41) is 19.7. The van der Waals surface area contributed by atoms with Crippen molar-refractivity contribution in [1.29, 1.82) is 0 Å². The van der Waals surface area contributed by atoms with Crippen molar-refractivity contribution in [2.75, 3.05) is 19.1 Å². The molecule has 0 saturated heterocycles. The summed E-state index contributed by atoms with van der Waals surface area (Å²) >= 11 is 0. The maximum Gasteiger partial charge on any atom is 0.213 e. The Balaban J connectivity index is 1.35. The first-order valence-electron chi connectivity index (χ1n) is 11.7. The number of phenols is 1. The molecule has 1 N–H and O–H groups in total. The minimum atomic E-state index is 0.170. The zero-order chi connectivity index (χ0) is 23.2. The Morgan fingerprint density at radius 1 is 0.970 bits per heavy atom. The summed E-state index contributed by atoms with van der Waals surface area (Å²) in [6, 6.07) is 13.8. The number of aromatic hydroxyl groups is 1. The average Bonchev–Trinajstić information content (AvgIpc) is 3.05. The Labute approximate surface area is 195 Å². The second kappa shape index (κ2) is 8.01. The van der Waals surface area contributed by atoms with Gasteiger partial charge in [0, 0.05) is 30.9 Å². The van der Waals surface area contributed by atoms with Crippen LogP contribution in [0.2, 0.25) is 0 Å². The van der Waals surface area contributed by atoms with Crippen molar-refractivity contribution in [2.24, 2.45) is 10.8 Å². The van der Waals surface area contributed by atoms with Gasteiger partial charge in [0.1, 0.15) is 5.75 Å². The van der Waals surface area contributed by atoms with Crippen LogP contribution in [-0.4, -0.2) is 40.5 Å². The quantitative estimate of drug-likeness (QED) is 0.543. The molecule has 2 aromatic heterocycles. The van der Waals surface area contributed by atoms with Crippen LogP contribution in [0.5, 0.6) is 11.6 Å². The van der Waals surface area contributed by atoms with Crippen LogP contribution in [0.4, 0.5) is 5.82 Å². The molecule has 6 heteroatoms. The fourth-order valence-electron chi connectivity index (χ4n) is 6.12. The Hall–Kier alpha value is -3.15. The molecule has 6 nitrogen and oxygen atoms in total. The molecule has 2 heterocycles. The first kappa shape index (κ1) is 21.7. The number of methoxy groups -OCH3 is 1. The maximum absolute atomic E-state index is 10.7. The number of benzene rings is 1. The highest BCUT2D eigenvalue weighted by Crippen LogP contribution is 2.58. The minimum absolute atomic E-state index is 0.170. The van der Waals surface area contributed by atoms with Gasteiger partial charge in [-0.15, -0.1) is 10.2 Å². The van der Waals surface area contributed by atoms with E-state index in [1.54, 1.807) is 19.4 Å². The average molecular weight is 445 g/mol. The van der Waals surface area contributed by atoms with Gasteiger partial charge in [0.2, 0.25) is 5.88 Å². The molecule has 0 amide bonds. The fourth-order valence-corrected chi connectivity index (χ4v) is 6.12. The van der Waals surface area contributed by atoms with Crippen molar-refractivity contribution in [3.8, 4) is 34.0 Å². The van der Waals surface area contributed by atoms with Gasteiger partial charge in [0.15, 0.2) is 5.82 Å². The summed E-state index contributed by atoms with van der Waals surface area (Å²) in [6.07, 6.45) is 8.13. The number of aromatic nitrogens is 3.